The van der Waals surface area contributed by atoms with Crippen molar-refractivity contribution >= 4 is 40.2 Å². The molecule has 3 rings (SSSR count). The van der Waals surface area contributed by atoms with Crippen LogP contribution in [0.25, 0.3) is 11.1 Å². The average Bonchev–Trinajstić information content (AvgIpc) is 2.90. The van der Waals surface area contributed by atoms with Crippen LogP contribution in [-0.4, -0.2) is 10.5 Å². The van der Waals surface area contributed by atoms with Gasteiger partial charge in [0.25, 0.3) is 0 Å². The van der Waals surface area contributed by atoms with E-state index in [1.54, 1.807) is 28.8 Å². The number of aryl methyl sites for hydroxylation is 1. The van der Waals surface area contributed by atoms with Crippen LogP contribution in [0.1, 0.15) is 31.4 Å². The van der Waals surface area contributed by atoms with Crippen molar-refractivity contribution < 1.29 is 9.21 Å². The largest absolute Gasteiger partial charge is 0.419 e. The number of benzene rings is 2. The Hall–Kier alpha value is -2.24. The number of carbonyl (C=O) groups is 1. The number of hydrogen-bond donors (Lipinski definition) is 1. The van der Waals surface area contributed by atoms with Gasteiger partial charge in [-0.3, -0.25) is 9.36 Å². The number of hydrogen-bond acceptors (Lipinski definition) is 3. The number of para-hydroxylation sites is 2. The van der Waals surface area contributed by atoms with Crippen molar-refractivity contribution in [1.29, 1.82) is 0 Å². The molecule has 7 heteroatoms. The summed E-state index contributed by atoms with van der Waals surface area (Å²) < 4.78 is 6.73. The van der Waals surface area contributed by atoms with Gasteiger partial charge in [0.2, 0.25) is 5.91 Å². The highest BCUT2D eigenvalue weighted by atomic mass is 35.5. The molecule has 3 aromatic rings. The van der Waals surface area contributed by atoms with Gasteiger partial charge in [0.15, 0.2) is 5.58 Å². The van der Waals surface area contributed by atoms with Crippen LogP contribution >= 0.6 is 23.2 Å². The second-order valence-corrected chi connectivity index (χ2v) is 6.89. The third-order valence-corrected chi connectivity index (χ3v) is 4.73. The lowest BCUT2D eigenvalue weighted by molar-refractivity contribution is -0.121. The van der Waals surface area contributed by atoms with E-state index in [0.29, 0.717) is 35.0 Å². The molecular weight excluding hydrogens is 375 g/mol. The highest BCUT2D eigenvalue weighted by Crippen LogP contribution is 2.26. The Labute approximate surface area is 160 Å². The number of fused-ring (bicyclic) bond motifs is 1. The fourth-order valence-electron chi connectivity index (χ4n) is 2.87. The maximum Gasteiger partial charge on any atom is 0.419 e. The summed E-state index contributed by atoms with van der Waals surface area (Å²) in [5.74, 6) is -0.516. The van der Waals surface area contributed by atoms with Gasteiger partial charge in [-0.15, -0.1) is 0 Å². The lowest BCUT2D eigenvalue weighted by Crippen LogP contribution is -2.27. The fraction of sp³-hybridized carbons (Fsp3) is 0.263. The van der Waals surface area contributed by atoms with E-state index in [9.17, 15) is 9.59 Å². The Bertz CT molecular complexity index is 994. The third-order valence-electron chi connectivity index (χ3n) is 4.17. The lowest BCUT2D eigenvalue weighted by atomic mass is 10.1. The molecule has 1 aromatic heterocycles. The van der Waals surface area contributed by atoms with Crippen LogP contribution in [0, 0.1) is 0 Å². The van der Waals surface area contributed by atoms with Crippen LogP contribution in [-0.2, 0) is 11.3 Å². The van der Waals surface area contributed by atoms with Crippen molar-refractivity contribution in [3.63, 3.8) is 0 Å². The highest BCUT2D eigenvalue weighted by molar-refractivity contribution is 6.35. The van der Waals surface area contributed by atoms with E-state index in [-0.39, 0.29) is 11.9 Å². The molecule has 5 nitrogen and oxygen atoms in total. The Kier molecular flexibility index (Phi) is 5.69. The lowest BCUT2D eigenvalue weighted by Gasteiger charge is -2.16. The molecule has 0 radical (unpaired) electrons. The summed E-state index contributed by atoms with van der Waals surface area (Å²) in [5, 5.41) is 3.98. The molecule has 26 heavy (non-hydrogen) atoms. The molecule has 1 atom stereocenters. The molecule has 0 aliphatic rings. The molecular formula is C19H18Cl2N2O3. The molecule has 0 fully saturated rings. The first-order chi connectivity index (χ1) is 12.5. The zero-order chi connectivity index (χ0) is 18.7. The van der Waals surface area contributed by atoms with Crippen molar-refractivity contribution in [2.24, 2.45) is 0 Å². The van der Waals surface area contributed by atoms with E-state index in [1.807, 2.05) is 25.1 Å². The number of aromatic nitrogens is 1. The van der Waals surface area contributed by atoms with Gasteiger partial charge in [0.1, 0.15) is 0 Å². The summed E-state index contributed by atoms with van der Waals surface area (Å²) in [5.41, 5.74) is 2.09. The summed E-state index contributed by atoms with van der Waals surface area (Å²) in [6.45, 7) is 2.28. The number of halogens is 2. The monoisotopic (exact) mass is 392 g/mol. The normalized spacial score (nSPS) is 12.3. The van der Waals surface area contributed by atoms with Gasteiger partial charge in [-0.1, -0.05) is 41.4 Å². The summed E-state index contributed by atoms with van der Waals surface area (Å²) in [6.07, 6.45) is 0.817. The Morgan fingerprint density at radius 2 is 2.00 bits per heavy atom. The summed E-state index contributed by atoms with van der Waals surface area (Å²) in [4.78, 5) is 24.1. The van der Waals surface area contributed by atoms with Gasteiger partial charge >= 0.3 is 5.76 Å². The molecule has 1 amide bonds. The topological polar surface area (TPSA) is 64.2 Å². The van der Waals surface area contributed by atoms with Gasteiger partial charge in [0, 0.05) is 23.0 Å². The molecule has 0 spiro atoms. The van der Waals surface area contributed by atoms with E-state index in [4.69, 9.17) is 27.6 Å². The van der Waals surface area contributed by atoms with Crippen molar-refractivity contribution in [3.8, 4) is 0 Å². The van der Waals surface area contributed by atoms with Gasteiger partial charge in [-0.2, -0.15) is 0 Å². The van der Waals surface area contributed by atoms with Crippen LogP contribution in [0.3, 0.4) is 0 Å². The molecule has 0 aliphatic heterocycles. The molecule has 0 aliphatic carbocycles. The molecule has 0 saturated heterocycles. The second kappa shape index (κ2) is 7.98. The first-order valence-electron chi connectivity index (χ1n) is 8.28. The van der Waals surface area contributed by atoms with Crippen LogP contribution < -0.4 is 11.1 Å². The zero-order valence-electron chi connectivity index (χ0n) is 14.2. The first-order valence-corrected chi connectivity index (χ1v) is 9.04. The van der Waals surface area contributed by atoms with E-state index in [0.717, 1.165) is 11.1 Å². The molecule has 1 N–H and O–H groups in total. The summed E-state index contributed by atoms with van der Waals surface area (Å²) in [6, 6.07) is 12.2. The summed E-state index contributed by atoms with van der Waals surface area (Å²) >= 11 is 12.1. The maximum absolute atomic E-state index is 12.2. The molecule has 0 bridgehead atoms. The number of nitrogens with one attached hydrogen (secondary N) is 1. The minimum atomic E-state index is -0.409. The van der Waals surface area contributed by atoms with E-state index < -0.39 is 5.76 Å². The minimum Gasteiger partial charge on any atom is -0.408 e. The molecule has 0 unspecified atom stereocenters. The molecule has 0 saturated carbocycles. The van der Waals surface area contributed by atoms with E-state index >= 15 is 0 Å². The van der Waals surface area contributed by atoms with Crippen molar-refractivity contribution in [3.05, 3.63) is 68.6 Å². The van der Waals surface area contributed by atoms with Crippen LogP contribution in [0.5, 0.6) is 0 Å². The fourth-order valence-corrected chi connectivity index (χ4v) is 3.44. The summed E-state index contributed by atoms with van der Waals surface area (Å²) in [7, 11) is 0. The van der Waals surface area contributed by atoms with Gasteiger partial charge < -0.3 is 9.73 Å². The minimum absolute atomic E-state index is 0.107. The molecule has 136 valence electrons. The molecule has 2 aromatic carbocycles. The number of rotatable bonds is 6. The predicted octanol–water partition coefficient (Wildman–Crippen LogP) is 4.56. The van der Waals surface area contributed by atoms with Crippen LogP contribution in [0.15, 0.2) is 51.7 Å². The molecule has 1 heterocycles. The third kappa shape index (κ3) is 4.11. The second-order valence-electron chi connectivity index (χ2n) is 6.05. The van der Waals surface area contributed by atoms with E-state index in [1.165, 1.54) is 0 Å². The van der Waals surface area contributed by atoms with Crippen molar-refractivity contribution in [2.45, 2.75) is 32.4 Å². The predicted molar refractivity (Wildman–Crippen MR) is 103 cm³/mol. The smallest absolute Gasteiger partial charge is 0.408 e. The van der Waals surface area contributed by atoms with Crippen molar-refractivity contribution in [1.82, 2.24) is 9.88 Å². The Balaban J connectivity index is 1.57. The standard InChI is InChI=1S/C19H18Cl2N2O3/c1-12(14-9-8-13(20)11-15(14)21)22-18(24)7-4-10-23-16-5-2-3-6-17(16)26-19(23)25/h2-3,5-6,8-9,11-12H,4,7,10H2,1H3,(H,22,24)/t12-/m1/s1. The number of nitrogens with zero attached hydrogens (tertiary/aromatic N) is 1. The van der Waals surface area contributed by atoms with Crippen LogP contribution in [0.4, 0.5) is 0 Å². The zero-order valence-corrected chi connectivity index (χ0v) is 15.7. The quantitative estimate of drug-likeness (QED) is 0.668. The number of carbonyl (C=O) groups excluding carboxylic acids is 1. The number of oxazole rings is 1. The van der Waals surface area contributed by atoms with Gasteiger partial charge in [-0.25, -0.2) is 4.79 Å². The first kappa shape index (κ1) is 18.5. The van der Waals surface area contributed by atoms with Crippen molar-refractivity contribution in [2.75, 3.05) is 0 Å². The highest BCUT2D eigenvalue weighted by Gasteiger charge is 2.14. The Morgan fingerprint density at radius 3 is 2.77 bits per heavy atom. The maximum atomic E-state index is 12.2. The SMILES string of the molecule is C[C@@H](NC(=O)CCCn1c(=O)oc2ccccc21)c1ccc(Cl)cc1Cl. The average molecular weight is 393 g/mol. The van der Waals surface area contributed by atoms with Crippen LogP contribution in [0.2, 0.25) is 10.0 Å². The Morgan fingerprint density at radius 1 is 1.23 bits per heavy atom. The van der Waals surface area contributed by atoms with E-state index in [2.05, 4.69) is 5.32 Å². The van der Waals surface area contributed by atoms with Gasteiger partial charge in [-0.05, 0) is 43.2 Å². The number of amides is 1. The van der Waals surface area contributed by atoms with Gasteiger partial charge in [0.05, 0.1) is 11.6 Å².